The molecule has 0 aliphatic carbocycles. The average molecular weight is 173 g/mol. The van der Waals surface area contributed by atoms with Gasteiger partial charge in [-0.1, -0.05) is 6.42 Å². The van der Waals surface area contributed by atoms with Crippen LogP contribution in [-0.2, 0) is 0 Å². The smallest absolute Gasteiger partial charge is 0.0766 e. The number of quaternary nitrogens is 1. The van der Waals surface area contributed by atoms with Crippen molar-refractivity contribution < 1.29 is 4.90 Å². The number of hydrogen-bond donors (Lipinski definition) is 1. The Labute approximate surface area is 77.5 Å². The quantitative estimate of drug-likeness (QED) is 0.542. The fourth-order valence-electron chi connectivity index (χ4n) is 1.26. The summed E-state index contributed by atoms with van der Waals surface area (Å²) in [4.78, 5) is 3.83. The van der Waals surface area contributed by atoms with E-state index in [1.54, 1.807) is 4.90 Å². The second-order valence-corrected chi connectivity index (χ2v) is 4.17. The van der Waals surface area contributed by atoms with E-state index < -0.39 is 0 Å². The van der Waals surface area contributed by atoms with Crippen LogP contribution in [0.3, 0.4) is 0 Å². The third kappa shape index (κ3) is 9.92. The van der Waals surface area contributed by atoms with Crippen molar-refractivity contribution in [1.82, 2.24) is 4.90 Å². The molecule has 0 aliphatic heterocycles. The lowest BCUT2D eigenvalue weighted by Crippen LogP contribution is -3.05. The number of nitrogens with one attached hydrogen (secondary N) is 1. The number of unbranched alkanes of at least 4 members (excludes halogenated alkanes) is 3. The van der Waals surface area contributed by atoms with E-state index in [2.05, 4.69) is 33.1 Å². The molecule has 0 aromatic carbocycles. The maximum Gasteiger partial charge on any atom is 0.0766 e. The minimum atomic E-state index is 1.24. The number of hydrogen-bond acceptors (Lipinski definition) is 1. The molecule has 0 atom stereocenters. The predicted octanol–water partition coefficient (Wildman–Crippen LogP) is 0.253. The van der Waals surface area contributed by atoms with Gasteiger partial charge in [-0.15, -0.1) is 0 Å². The van der Waals surface area contributed by atoms with Gasteiger partial charge in [0.25, 0.3) is 0 Å². The summed E-state index contributed by atoms with van der Waals surface area (Å²) in [6, 6.07) is 0. The van der Waals surface area contributed by atoms with E-state index >= 15 is 0 Å². The van der Waals surface area contributed by atoms with Gasteiger partial charge in [0, 0.05) is 0 Å². The Balaban J connectivity index is 2.91. The van der Waals surface area contributed by atoms with Gasteiger partial charge in [-0.2, -0.15) is 0 Å². The van der Waals surface area contributed by atoms with Gasteiger partial charge in [0.15, 0.2) is 0 Å². The van der Waals surface area contributed by atoms with Crippen LogP contribution in [0.2, 0.25) is 0 Å². The summed E-state index contributed by atoms with van der Waals surface area (Å²) in [6.07, 6.45) is 5.54. The number of rotatable bonds is 7. The third-order valence-corrected chi connectivity index (χ3v) is 2.03. The molecule has 12 heavy (non-hydrogen) atoms. The molecule has 2 nitrogen and oxygen atoms in total. The first-order valence-electron chi connectivity index (χ1n) is 5.06. The van der Waals surface area contributed by atoms with Gasteiger partial charge < -0.3 is 9.80 Å². The molecular formula is C10H25N2+. The molecule has 74 valence electrons. The summed E-state index contributed by atoms with van der Waals surface area (Å²) >= 11 is 0. The Morgan fingerprint density at radius 1 is 0.917 bits per heavy atom. The lowest BCUT2D eigenvalue weighted by Gasteiger charge is -2.09. The Hall–Kier alpha value is -0.0800. The largest absolute Gasteiger partial charge is 0.340 e. The van der Waals surface area contributed by atoms with Crippen molar-refractivity contribution in [2.45, 2.75) is 25.7 Å². The van der Waals surface area contributed by atoms with Gasteiger partial charge in [-0.3, -0.25) is 0 Å². The zero-order valence-electron chi connectivity index (χ0n) is 9.19. The van der Waals surface area contributed by atoms with Crippen LogP contribution in [0.25, 0.3) is 0 Å². The minimum absolute atomic E-state index is 1.24. The molecule has 0 aromatic heterocycles. The van der Waals surface area contributed by atoms with E-state index in [0.717, 1.165) is 0 Å². The fourth-order valence-corrected chi connectivity index (χ4v) is 1.26. The van der Waals surface area contributed by atoms with Gasteiger partial charge >= 0.3 is 0 Å². The lowest BCUT2D eigenvalue weighted by atomic mass is 10.2. The van der Waals surface area contributed by atoms with Crippen molar-refractivity contribution in [3.63, 3.8) is 0 Å². The van der Waals surface area contributed by atoms with Crippen LogP contribution in [0.4, 0.5) is 0 Å². The molecule has 0 aliphatic rings. The standard InChI is InChI=1S/C10H24N2/c1-11(2)9-7-5-6-8-10-12(3)4/h5-10H2,1-4H3/p+1. The SMILES string of the molecule is CN(C)CCCCCC[NH+](C)C. The second kappa shape index (κ2) is 7.56. The van der Waals surface area contributed by atoms with Crippen LogP contribution in [0.15, 0.2) is 0 Å². The first-order valence-corrected chi connectivity index (χ1v) is 5.06. The normalized spacial score (nSPS) is 11.5. The summed E-state index contributed by atoms with van der Waals surface area (Å²) in [5.41, 5.74) is 0. The van der Waals surface area contributed by atoms with E-state index in [1.165, 1.54) is 38.8 Å². The highest BCUT2D eigenvalue weighted by atomic mass is 15.0. The van der Waals surface area contributed by atoms with Crippen molar-refractivity contribution in [1.29, 1.82) is 0 Å². The van der Waals surface area contributed by atoms with Crippen LogP contribution in [0, 0.1) is 0 Å². The van der Waals surface area contributed by atoms with Gasteiger partial charge in [0.1, 0.15) is 0 Å². The van der Waals surface area contributed by atoms with E-state index in [9.17, 15) is 0 Å². The summed E-state index contributed by atoms with van der Waals surface area (Å²) in [5.74, 6) is 0. The molecule has 0 bridgehead atoms. The molecule has 0 rings (SSSR count). The first kappa shape index (κ1) is 11.9. The third-order valence-electron chi connectivity index (χ3n) is 2.03. The van der Waals surface area contributed by atoms with Crippen molar-refractivity contribution >= 4 is 0 Å². The highest BCUT2D eigenvalue weighted by molar-refractivity contribution is 4.45. The van der Waals surface area contributed by atoms with Crippen LogP contribution in [0.1, 0.15) is 25.7 Å². The molecule has 0 saturated carbocycles. The fraction of sp³-hybridized carbons (Fsp3) is 1.00. The van der Waals surface area contributed by atoms with E-state index in [1.807, 2.05) is 0 Å². The molecule has 2 heteroatoms. The molecule has 0 amide bonds. The summed E-state index contributed by atoms with van der Waals surface area (Å²) in [7, 11) is 8.73. The van der Waals surface area contributed by atoms with Crippen LogP contribution in [0.5, 0.6) is 0 Å². The van der Waals surface area contributed by atoms with E-state index in [-0.39, 0.29) is 0 Å². The summed E-state index contributed by atoms with van der Waals surface area (Å²) in [6.45, 7) is 2.57. The summed E-state index contributed by atoms with van der Waals surface area (Å²) in [5, 5.41) is 0. The zero-order chi connectivity index (χ0) is 9.40. The van der Waals surface area contributed by atoms with Crippen LogP contribution >= 0.6 is 0 Å². The molecular weight excluding hydrogens is 148 g/mol. The summed E-state index contributed by atoms with van der Waals surface area (Å²) < 4.78 is 0. The Kier molecular flexibility index (Phi) is 7.51. The second-order valence-electron chi connectivity index (χ2n) is 4.17. The van der Waals surface area contributed by atoms with Crippen LogP contribution in [-0.4, -0.2) is 46.2 Å². The van der Waals surface area contributed by atoms with Crippen LogP contribution < -0.4 is 4.90 Å². The molecule has 0 aromatic rings. The Bertz CT molecular complexity index is 77.8. The highest BCUT2D eigenvalue weighted by Crippen LogP contribution is 1.98. The van der Waals surface area contributed by atoms with Gasteiger partial charge in [0.05, 0.1) is 20.6 Å². The van der Waals surface area contributed by atoms with Crippen molar-refractivity contribution in [3.05, 3.63) is 0 Å². The molecule has 0 saturated heterocycles. The predicted molar refractivity (Wildman–Crippen MR) is 54.7 cm³/mol. The molecule has 0 fully saturated rings. The average Bonchev–Trinajstić information content (AvgIpc) is 1.95. The Morgan fingerprint density at radius 3 is 2.00 bits per heavy atom. The highest BCUT2D eigenvalue weighted by Gasteiger charge is 1.94. The molecule has 1 N–H and O–H groups in total. The maximum atomic E-state index is 2.26. The van der Waals surface area contributed by atoms with Crippen molar-refractivity contribution in [2.24, 2.45) is 0 Å². The van der Waals surface area contributed by atoms with Gasteiger partial charge in [-0.25, -0.2) is 0 Å². The molecule has 0 radical (unpaired) electrons. The Morgan fingerprint density at radius 2 is 1.50 bits per heavy atom. The van der Waals surface area contributed by atoms with E-state index in [0.29, 0.717) is 0 Å². The molecule has 0 heterocycles. The zero-order valence-corrected chi connectivity index (χ0v) is 9.19. The maximum absolute atomic E-state index is 2.26. The number of nitrogens with zero attached hydrogens (tertiary/aromatic N) is 1. The lowest BCUT2D eigenvalue weighted by molar-refractivity contribution is -0.858. The molecule has 0 unspecified atom stereocenters. The topological polar surface area (TPSA) is 7.68 Å². The van der Waals surface area contributed by atoms with Crippen molar-refractivity contribution in [3.8, 4) is 0 Å². The molecule has 0 spiro atoms. The van der Waals surface area contributed by atoms with Crippen molar-refractivity contribution in [2.75, 3.05) is 41.3 Å². The van der Waals surface area contributed by atoms with Gasteiger partial charge in [0.2, 0.25) is 0 Å². The monoisotopic (exact) mass is 173 g/mol. The first-order chi connectivity index (χ1) is 5.63. The minimum Gasteiger partial charge on any atom is -0.340 e. The van der Waals surface area contributed by atoms with E-state index in [4.69, 9.17) is 0 Å². The van der Waals surface area contributed by atoms with Gasteiger partial charge in [-0.05, 0) is 39.9 Å².